The standard InChI is InChI=1S/C15H17N3O3S/c19-18(20)13-3-1-12(2-4-13)5-7-17-8-9-21-14(11-17)15-16-6-10-22-15/h1-4,6,10,14H,5,7-9,11H2/t14-/m0/s1. The van der Waals surface area contributed by atoms with Crippen molar-refractivity contribution in [2.45, 2.75) is 12.5 Å². The number of hydrogen-bond acceptors (Lipinski definition) is 6. The van der Waals surface area contributed by atoms with Gasteiger partial charge < -0.3 is 4.74 Å². The van der Waals surface area contributed by atoms with Crippen LogP contribution in [0.5, 0.6) is 0 Å². The van der Waals surface area contributed by atoms with E-state index in [4.69, 9.17) is 4.74 Å². The fourth-order valence-electron chi connectivity index (χ4n) is 2.52. The number of nitro benzene ring substituents is 1. The molecule has 0 bridgehead atoms. The summed E-state index contributed by atoms with van der Waals surface area (Å²) in [5.74, 6) is 0. The Kier molecular flexibility index (Phi) is 4.77. The second kappa shape index (κ2) is 6.95. The fourth-order valence-corrected chi connectivity index (χ4v) is 3.20. The van der Waals surface area contributed by atoms with E-state index in [9.17, 15) is 10.1 Å². The third-order valence-corrected chi connectivity index (χ3v) is 4.61. The maximum absolute atomic E-state index is 10.6. The van der Waals surface area contributed by atoms with Gasteiger partial charge in [-0.3, -0.25) is 15.0 Å². The second-order valence-electron chi connectivity index (χ2n) is 5.20. The van der Waals surface area contributed by atoms with Gasteiger partial charge in [-0.1, -0.05) is 12.1 Å². The first-order valence-corrected chi connectivity index (χ1v) is 8.07. The number of ether oxygens (including phenoxy) is 1. The lowest BCUT2D eigenvalue weighted by Gasteiger charge is -2.31. The summed E-state index contributed by atoms with van der Waals surface area (Å²) in [6.07, 6.45) is 2.74. The molecule has 7 heteroatoms. The Morgan fingerprint density at radius 2 is 2.23 bits per heavy atom. The van der Waals surface area contributed by atoms with E-state index in [-0.39, 0.29) is 16.7 Å². The van der Waals surface area contributed by atoms with Crippen LogP contribution in [0.15, 0.2) is 35.8 Å². The molecule has 2 aromatic rings. The number of benzene rings is 1. The van der Waals surface area contributed by atoms with Gasteiger partial charge in [0.1, 0.15) is 11.1 Å². The van der Waals surface area contributed by atoms with Crippen molar-refractivity contribution in [3.63, 3.8) is 0 Å². The molecule has 6 nitrogen and oxygen atoms in total. The van der Waals surface area contributed by atoms with Gasteiger partial charge in [-0.25, -0.2) is 4.98 Å². The van der Waals surface area contributed by atoms with Crippen LogP contribution in [0.4, 0.5) is 5.69 Å². The number of non-ortho nitro benzene ring substituents is 1. The Balaban J connectivity index is 1.53. The van der Waals surface area contributed by atoms with Gasteiger partial charge in [0.2, 0.25) is 0 Å². The zero-order valence-corrected chi connectivity index (χ0v) is 12.9. The number of nitro groups is 1. The average molecular weight is 319 g/mol. The molecule has 0 saturated carbocycles. The van der Waals surface area contributed by atoms with Gasteiger partial charge in [0.25, 0.3) is 5.69 Å². The predicted molar refractivity (Wildman–Crippen MR) is 84.0 cm³/mol. The van der Waals surface area contributed by atoms with Gasteiger partial charge in [0, 0.05) is 43.3 Å². The SMILES string of the molecule is O=[N+]([O-])c1ccc(CCN2CCO[C@H](c3nccs3)C2)cc1. The van der Waals surface area contributed by atoms with Crippen LogP contribution in [0.2, 0.25) is 0 Å². The highest BCUT2D eigenvalue weighted by Crippen LogP contribution is 2.24. The molecule has 0 N–H and O–H groups in total. The van der Waals surface area contributed by atoms with Crippen molar-refractivity contribution in [3.05, 3.63) is 56.5 Å². The highest BCUT2D eigenvalue weighted by atomic mass is 32.1. The minimum absolute atomic E-state index is 0.0608. The molecule has 116 valence electrons. The van der Waals surface area contributed by atoms with Crippen LogP contribution < -0.4 is 0 Å². The minimum Gasteiger partial charge on any atom is -0.368 e. The van der Waals surface area contributed by atoms with Crippen molar-refractivity contribution in [2.75, 3.05) is 26.2 Å². The maximum atomic E-state index is 10.6. The monoisotopic (exact) mass is 319 g/mol. The van der Waals surface area contributed by atoms with E-state index in [2.05, 4.69) is 9.88 Å². The summed E-state index contributed by atoms with van der Waals surface area (Å²) >= 11 is 1.62. The van der Waals surface area contributed by atoms with Gasteiger partial charge in [-0.15, -0.1) is 11.3 Å². The van der Waals surface area contributed by atoms with Crippen LogP contribution >= 0.6 is 11.3 Å². The summed E-state index contributed by atoms with van der Waals surface area (Å²) in [5, 5.41) is 13.6. The second-order valence-corrected chi connectivity index (χ2v) is 6.13. The largest absolute Gasteiger partial charge is 0.368 e. The number of thiazole rings is 1. The van der Waals surface area contributed by atoms with Crippen LogP contribution in [0, 0.1) is 10.1 Å². The Morgan fingerprint density at radius 3 is 2.91 bits per heavy atom. The number of morpholine rings is 1. The van der Waals surface area contributed by atoms with Crippen LogP contribution in [0.1, 0.15) is 16.7 Å². The van der Waals surface area contributed by atoms with Gasteiger partial charge in [0.15, 0.2) is 0 Å². The van der Waals surface area contributed by atoms with Crippen LogP contribution in [0.3, 0.4) is 0 Å². The molecule has 1 aromatic heterocycles. The van der Waals surface area contributed by atoms with Crippen molar-refractivity contribution in [1.29, 1.82) is 0 Å². The highest BCUT2D eigenvalue weighted by Gasteiger charge is 2.23. The van der Waals surface area contributed by atoms with E-state index >= 15 is 0 Å². The summed E-state index contributed by atoms with van der Waals surface area (Å²) in [6, 6.07) is 6.79. The molecule has 0 spiro atoms. The normalized spacial score (nSPS) is 19.2. The molecule has 0 aliphatic carbocycles. The summed E-state index contributed by atoms with van der Waals surface area (Å²) < 4.78 is 5.78. The first-order valence-electron chi connectivity index (χ1n) is 7.19. The molecule has 0 amide bonds. The molecule has 1 atom stereocenters. The molecular weight excluding hydrogens is 302 g/mol. The molecule has 0 radical (unpaired) electrons. The molecule has 0 unspecified atom stereocenters. The summed E-state index contributed by atoms with van der Waals surface area (Å²) in [7, 11) is 0. The molecular formula is C15H17N3O3S. The first kappa shape index (κ1) is 15.1. The van der Waals surface area contributed by atoms with E-state index < -0.39 is 0 Å². The fraction of sp³-hybridized carbons (Fsp3) is 0.400. The summed E-state index contributed by atoms with van der Waals surface area (Å²) in [6.45, 7) is 3.39. The van der Waals surface area contributed by atoms with Crippen LogP contribution in [-0.2, 0) is 11.2 Å². The van der Waals surface area contributed by atoms with Crippen LogP contribution in [-0.4, -0.2) is 41.0 Å². The molecule has 22 heavy (non-hydrogen) atoms. The Bertz CT molecular complexity index is 615. The van der Waals surface area contributed by atoms with E-state index in [1.807, 2.05) is 17.5 Å². The Labute approximate surface area is 132 Å². The molecule has 1 aliphatic heterocycles. The van der Waals surface area contributed by atoms with Gasteiger partial charge in [-0.2, -0.15) is 0 Å². The maximum Gasteiger partial charge on any atom is 0.269 e. The zero-order chi connectivity index (χ0) is 15.4. The van der Waals surface area contributed by atoms with E-state index in [1.165, 1.54) is 0 Å². The minimum atomic E-state index is -0.371. The molecule has 1 aliphatic rings. The third-order valence-electron chi connectivity index (χ3n) is 3.74. The van der Waals surface area contributed by atoms with Gasteiger partial charge >= 0.3 is 0 Å². The Hall–Kier alpha value is -1.83. The number of rotatable bonds is 5. The van der Waals surface area contributed by atoms with Crippen molar-refractivity contribution < 1.29 is 9.66 Å². The molecule has 3 rings (SSSR count). The molecule has 1 saturated heterocycles. The lowest BCUT2D eigenvalue weighted by atomic mass is 10.1. The number of aromatic nitrogens is 1. The topological polar surface area (TPSA) is 68.5 Å². The van der Waals surface area contributed by atoms with E-state index in [0.717, 1.165) is 36.6 Å². The average Bonchev–Trinajstić information content (AvgIpc) is 3.08. The van der Waals surface area contributed by atoms with Crippen molar-refractivity contribution >= 4 is 17.0 Å². The summed E-state index contributed by atoms with van der Waals surface area (Å²) in [4.78, 5) is 17.0. The van der Waals surface area contributed by atoms with Crippen molar-refractivity contribution in [1.82, 2.24) is 9.88 Å². The van der Waals surface area contributed by atoms with Crippen molar-refractivity contribution in [2.24, 2.45) is 0 Å². The molecule has 1 aromatic carbocycles. The quantitative estimate of drug-likeness (QED) is 0.626. The third kappa shape index (κ3) is 3.68. The highest BCUT2D eigenvalue weighted by molar-refractivity contribution is 7.09. The number of nitrogens with zero attached hydrogens (tertiary/aromatic N) is 3. The van der Waals surface area contributed by atoms with Gasteiger partial charge in [-0.05, 0) is 12.0 Å². The molecule has 1 fully saturated rings. The van der Waals surface area contributed by atoms with Crippen LogP contribution in [0.25, 0.3) is 0 Å². The van der Waals surface area contributed by atoms with E-state index in [1.54, 1.807) is 29.7 Å². The lowest BCUT2D eigenvalue weighted by molar-refractivity contribution is -0.384. The smallest absolute Gasteiger partial charge is 0.269 e. The number of hydrogen-bond donors (Lipinski definition) is 0. The Morgan fingerprint density at radius 1 is 1.41 bits per heavy atom. The first-order chi connectivity index (χ1) is 10.7. The summed E-state index contributed by atoms with van der Waals surface area (Å²) in [5.41, 5.74) is 1.25. The predicted octanol–water partition coefficient (Wildman–Crippen LogP) is 2.67. The van der Waals surface area contributed by atoms with E-state index in [0.29, 0.717) is 6.61 Å². The molecule has 2 heterocycles. The van der Waals surface area contributed by atoms with Crippen molar-refractivity contribution in [3.8, 4) is 0 Å². The lowest BCUT2D eigenvalue weighted by Crippen LogP contribution is -2.39. The zero-order valence-electron chi connectivity index (χ0n) is 12.1. The van der Waals surface area contributed by atoms with Gasteiger partial charge in [0.05, 0.1) is 11.5 Å².